The molecule has 3 atom stereocenters. The number of hydrogen-bond donors (Lipinski definition) is 3. The largest absolute Gasteiger partial charge is 0.472 e. The Hall–Kier alpha value is -0.760. The summed E-state index contributed by atoms with van der Waals surface area (Å²) in [5.74, 6) is -0.162. The van der Waals surface area contributed by atoms with Crippen molar-refractivity contribution in [3.63, 3.8) is 0 Å². The molecule has 40 heavy (non-hydrogen) atoms. The van der Waals surface area contributed by atoms with Crippen LogP contribution in [0, 0.1) is 0 Å². The number of rotatable bonds is 28. The van der Waals surface area contributed by atoms with Crippen LogP contribution in [0.3, 0.4) is 0 Å². The van der Waals surface area contributed by atoms with Gasteiger partial charge in [-0.25, -0.2) is 4.57 Å². The molecule has 3 N–H and O–H groups in total. The molecule has 1 amide bonds. The molecule has 0 radical (unpaired) electrons. The summed E-state index contributed by atoms with van der Waals surface area (Å²) in [6.45, 7) is 4.75. The molecule has 0 aromatic rings. The summed E-state index contributed by atoms with van der Waals surface area (Å²) >= 11 is 0. The number of aliphatic hydroxyl groups is 1. The number of unbranched alkanes of at least 4 members (excludes halogenated alkanes) is 13. The van der Waals surface area contributed by atoms with Crippen LogP contribution in [-0.4, -0.2) is 73.4 Å². The van der Waals surface area contributed by atoms with Crippen molar-refractivity contribution in [3.05, 3.63) is 12.2 Å². The number of carbonyl (C=O) groups excluding carboxylic acids is 1. The lowest BCUT2D eigenvalue weighted by Gasteiger charge is -2.26. The monoisotopic (exact) mass is 591 g/mol. The molecule has 3 unspecified atom stereocenters. The minimum atomic E-state index is -4.29. The van der Waals surface area contributed by atoms with Crippen LogP contribution in [0.25, 0.3) is 0 Å². The first-order valence-electron chi connectivity index (χ1n) is 16.1. The van der Waals surface area contributed by atoms with Crippen LogP contribution in [0.2, 0.25) is 0 Å². The number of phosphoric acid groups is 1. The van der Waals surface area contributed by atoms with Crippen LogP contribution in [-0.2, 0) is 18.4 Å². The molecule has 0 spiro atoms. The normalized spacial score (nSPS) is 15.3. The Morgan fingerprint density at radius 1 is 0.825 bits per heavy atom. The van der Waals surface area contributed by atoms with Gasteiger partial charge in [-0.05, 0) is 32.1 Å². The van der Waals surface area contributed by atoms with Crippen molar-refractivity contribution in [2.45, 2.75) is 142 Å². The lowest BCUT2D eigenvalue weighted by Crippen LogP contribution is -2.46. The zero-order valence-corrected chi connectivity index (χ0v) is 27.5. The summed E-state index contributed by atoms with van der Waals surface area (Å²) < 4.78 is 23.3. The quantitative estimate of drug-likeness (QED) is 0.0382. The van der Waals surface area contributed by atoms with E-state index in [1.807, 2.05) is 21.1 Å². The van der Waals surface area contributed by atoms with Gasteiger partial charge in [0, 0.05) is 6.42 Å². The van der Waals surface area contributed by atoms with E-state index >= 15 is 0 Å². The molecule has 9 heteroatoms. The highest BCUT2D eigenvalue weighted by Crippen LogP contribution is 2.43. The van der Waals surface area contributed by atoms with Crippen molar-refractivity contribution in [1.82, 2.24) is 5.32 Å². The average Bonchev–Trinajstić information content (AvgIpc) is 2.88. The van der Waals surface area contributed by atoms with E-state index in [2.05, 4.69) is 31.3 Å². The number of nitrogens with one attached hydrogen (secondary N) is 1. The third-order valence-electron chi connectivity index (χ3n) is 7.01. The van der Waals surface area contributed by atoms with Gasteiger partial charge in [0.15, 0.2) is 0 Å². The number of amides is 1. The number of phosphoric ester groups is 1. The van der Waals surface area contributed by atoms with Gasteiger partial charge in [-0.3, -0.25) is 13.8 Å². The van der Waals surface area contributed by atoms with Crippen molar-refractivity contribution in [2.75, 3.05) is 40.9 Å². The van der Waals surface area contributed by atoms with Gasteiger partial charge in [0.25, 0.3) is 0 Å². The fourth-order valence-corrected chi connectivity index (χ4v) is 5.05. The number of carbonyl (C=O) groups is 1. The molecule has 0 aromatic heterocycles. The molecule has 0 aliphatic heterocycles. The standard InChI is InChI=1S/C31H63N2O6P/c1-6-8-10-12-14-15-16-17-19-21-23-25-31(35)32-29(30(34)24-22-20-18-13-11-9-7-2)28-39-40(36,37)38-27-26-33(3,4)5/h12,14,29-30,34H,6-11,13,15-28H2,1-5H3,(H-,32,35,36,37)/p+1/b14-12-. The fourth-order valence-electron chi connectivity index (χ4n) is 4.32. The molecule has 0 rings (SSSR count). The molecule has 0 aliphatic rings. The van der Waals surface area contributed by atoms with E-state index in [1.165, 1.54) is 51.4 Å². The molecule has 0 saturated heterocycles. The van der Waals surface area contributed by atoms with E-state index in [0.717, 1.165) is 51.4 Å². The van der Waals surface area contributed by atoms with E-state index < -0.39 is 20.0 Å². The smallest absolute Gasteiger partial charge is 0.391 e. The van der Waals surface area contributed by atoms with Crippen LogP contribution >= 0.6 is 7.82 Å². The maximum absolute atomic E-state index is 12.7. The minimum absolute atomic E-state index is 0.0734. The Morgan fingerprint density at radius 2 is 1.38 bits per heavy atom. The number of likely N-dealkylation sites (N-methyl/N-ethyl adjacent to an activating group) is 1. The summed E-state index contributed by atoms with van der Waals surface area (Å²) in [6, 6.07) is -0.755. The Morgan fingerprint density at radius 3 is 2.00 bits per heavy atom. The number of aliphatic hydroxyl groups excluding tert-OH is 1. The van der Waals surface area contributed by atoms with Crippen LogP contribution in [0.4, 0.5) is 0 Å². The second kappa shape index (κ2) is 24.8. The van der Waals surface area contributed by atoms with Crippen molar-refractivity contribution < 1.29 is 32.9 Å². The van der Waals surface area contributed by atoms with E-state index in [0.29, 0.717) is 23.9 Å². The molecule has 0 aliphatic carbocycles. The number of allylic oxidation sites excluding steroid dienone is 2. The minimum Gasteiger partial charge on any atom is -0.391 e. The summed E-state index contributed by atoms with van der Waals surface area (Å²) in [6.07, 6.45) is 22.5. The molecular formula is C31H64N2O6P+. The third-order valence-corrected chi connectivity index (χ3v) is 8.00. The maximum Gasteiger partial charge on any atom is 0.472 e. The average molecular weight is 592 g/mol. The van der Waals surface area contributed by atoms with Gasteiger partial charge in [0.2, 0.25) is 5.91 Å². The summed E-state index contributed by atoms with van der Waals surface area (Å²) in [5.41, 5.74) is 0. The Bertz CT molecular complexity index is 683. The first kappa shape index (κ1) is 39.2. The van der Waals surface area contributed by atoms with Crippen molar-refractivity contribution in [2.24, 2.45) is 0 Å². The first-order chi connectivity index (χ1) is 19.0. The summed E-state index contributed by atoms with van der Waals surface area (Å²) in [7, 11) is 1.60. The van der Waals surface area contributed by atoms with Crippen LogP contribution in [0.15, 0.2) is 12.2 Å². The van der Waals surface area contributed by atoms with Crippen LogP contribution in [0.1, 0.15) is 129 Å². The molecule has 0 aromatic carbocycles. The van der Waals surface area contributed by atoms with Gasteiger partial charge in [0.05, 0.1) is 39.9 Å². The SMILES string of the molecule is CCCC/C=C\CCCCCCCC(=O)NC(COP(=O)(O)OCC[N+](C)(C)C)C(O)CCCCCCCCC. The number of nitrogens with zero attached hydrogens (tertiary/aromatic N) is 1. The molecule has 0 fully saturated rings. The molecule has 238 valence electrons. The van der Waals surface area contributed by atoms with Crippen molar-refractivity contribution in [3.8, 4) is 0 Å². The molecule has 0 saturated carbocycles. The summed E-state index contributed by atoms with van der Waals surface area (Å²) in [4.78, 5) is 22.8. The van der Waals surface area contributed by atoms with Gasteiger partial charge in [-0.2, -0.15) is 0 Å². The van der Waals surface area contributed by atoms with E-state index in [-0.39, 0.29) is 19.1 Å². The highest BCUT2D eigenvalue weighted by atomic mass is 31.2. The molecule has 8 nitrogen and oxygen atoms in total. The highest BCUT2D eigenvalue weighted by molar-refractivity contribution is 7.47. The third kappa shape index (κ3) is 26.2. The van der Waals surface area contributed by atoms with Crippen LogP contribution < -0.4 is 5.32 Å². The van der Waals surface area contributed by atoms with Crippen LogP contribution in [0.5, 0.6) is 0 Å². The lowest BCUT2D eigenvalue weighted by molar-refractivity contribution is -0.870. The molecule has 0 bridgehead atoms. The molecular weight excluding hydrogens is 527 g/mol. The van der Waals surface area contributed by atoms with Crippen molar-refractivity contribution in [1.29, 1.82) is 0 Å². The lowest BCUT2D eigenvalue weighted by atomic mass is 10.0. The Labute approximate surface area is 246 Å². The predicted octanol–water partition coefficient (Wildman–Crippen LogP) is 7.29. The fraction of sp³-hybridized carbons (Fsp3) is 0.903. The Kier molecular flexibility index (Phi) is 24.3. The Balaban J connectivity index is 4.55. The second-order valence-corrected chi connectivity index (χ2v) is 13.6. The second-order valence-electron chi connectivity index (χ2n) is 12.2. The summed E-state index contributed by atoms with van der Waals surface area (Å²) in [5, 5.41) is 13.7. The zero-order valence-electron chi connectivity index (χ0n) is 26.6. The van der Waals surface area contributed by atoms with Gasteiger partial charge >= 0.3 is 7.82 Å². The first-order valence-corrected chi connectivity index (χ1v) is 17.5. The molecule has 0 heterocycles. The van der Waals surface area contributed by atoms with E-state index in [9.17, 15) is 19.4 Å². The van der Waals surface area contributed by atoms with Gasteiger partial charge in [0.1, 0.15) is 13.2 Å². The number of hydrogen-bond acceptors (Lipinski definition) is 5. The van der Waals surface area contributed by atoms with E-state index in [1.54, 1.807) is 0 Å². The van der Waals surface area contributed by atoms with Gasteiger partial charge in [-0.1, -0.05) is 103 Å². The van der Waals surface area contributed by atoms with Gasteiger partial charge in [-0.15, -0.1) is 0 Å². The predicted molar refractivity (Wildman–Crippen MR) is 166 cm³/mol. The number of quaternary nitrogens is 1. The maximum atomic E-state index is 12.7. The van der Waals surface area contributed by atoms with Crippen molar-refractivity contribution >= 4 is 13.7 Å². The topological polar surface area (TPSA) is 105 Å². The van der Waals surface area contributed by atoms with Gasteiger partial charge < -0.3 is 19.8 Å². The highest BCUT2D eigenvalue weighted by Gasteiger charge is 2.28. The van der Waals surface area contributed by atoms with E-state index in [4.69, 9.17) is 9.05 Å². The zero-order chi connectivity index (χ0) is 30.1.